The Hall–Kier alpha value is -0.520. The average Bonchev–Trinajstić information content (AvgIpc) is 2.21. The van der Waals surface area contributed by atoms with Crippen molar-refractivity contribution in [3.8, 4) is 0 Å². The molecular weight excluding hydrogens is 120 g/mol. The van der Waals surface area contributed by atoms with Crippen LogP contribution in [0.4, 0.5) is 0 Å². The third-order valence-corrected chi connectivity index (χ3v) is 2.87. The second kappa shape index (κ2) is 1.98. The van der Waals surface area contributed by atoms with Gasteiger partial charge in [0.05, 0.1) is 0 Å². The Kier molecular flexibility index (Phi) is 1.23. The molecule has 0 amide bonds. The number of rotatable bonds is 0. The van der Waals surface area contributed by atoms with Crippen molar-refractivity contribution in [3.05, 3.63) is 24.3 Å². The summed E-state index contributed by atoms with van der Waals surface area (Å²) in [6, 6.07) is 0. The molecule has 0 bridgehead atoms. The molecule has 0 N–H and O–H groups in total. The van der Waals surface area contributed by atoms with Crippen molar-refractivity contribution in [2.75, 3.05) is 0 Å². The van der Waals surface area contributed by atoms with Crippen molar-refractivity contribution in [3.63, 3.8) is 0 Å². The normalized spacial score (nSPS) is 38.8. The van der Waals surface area contributed by atoms with Crippen LogP contribution in [-0.4, -0.2) is 0 Å². The zero-order chi connectivity index (χ0) is 7.14. The molecule has 0 saturated heterocycles. The molecule has 54 valence electrons. The van der Waals surface area contributed by atoms with Gasteiger partial charge in [-0.25, -0.2) is 0 Å². The summed E-state index contributed by atoms with van der Waals surface area (Å²) in [5.41, 5.74) is 2.95. The molecular formula is C10H14. The van der Waals surface area contributed by atoms with E-state index in [-0.39, 0.29) is 0 Å². The predicted molar refractivity (Wildman–Crippen MR) is 43.7 cm³/mol. The minimum absolute atomic E-state index is 0.931. The zero-order valence-electron chi connectivity index (χ0n) is 6.40. The molecule has 2 saturated carbocycles. The van der Waals surface area contributed by atoms with E-state index in [1.807, 2.05) is 0 Å². The van der Waals surface area contributed by atoms with Gasteiger partial charge in [0.25, 0.3) is 0 Å². The first-order chi connectivity index (χ1) is 4.75. The maximum Gasteiger partial charge on any atom is -0.0288 e. The number of allylic oxidation sites excluding steroid dienone is 2. The fourth-order valence-corrected chi connectivity index (χ4v) is 2.46. The van der Waals surface area contributed by atoms with Gasteiger partial charge in [-0.3, -0.25) is 0 Å². The van der Waals surface area contributed by atoms with Crippen LogP contribution in [0.15, 0.2) is 24.3 Å². The third-order valence-electron chi connectivity index (χ3n) is 2.87. The molecule has 2 aliphatic carbocycles. The highest BCUT2D eigenvalue weighted by atomic mass is 14.4. The molecule has 0 unspecified atom stereocenters. The van der Waals surface area contributed by atoms with Crippen molar-refractivity contribution in [2.24, 2.45) is 11.8 Å². The van der Waals surface area contributed by atoms with Gasteiger partial charge in [-0.1, -0.05) is 24.3 Å². The highest BCUT2D eigenvalue weighted by molar-refractivity contribution is 5.16. The van der Waals surface area contributed by atoms with Crippen LogP contribution in [0.25, 0.3) is 0 Å². The van der Waals surface area contributed by atoms with Crippen molar-refractivity contribution in [2.45, 2.75) is 25.7 Å². The lowest BCUT2D eigenvalue weighted by Gasteiger charge is -2.03. The van der Waals surface area contributed by atoms with E-state index < -0.39 is 0 Å². The minimum atomic E-state index is 0.931. The summed E-state index contributed by atoms with van der Waals surface area (Å²) in [6.07, 6.45) is 5.13. The van der Waals surface area contributed by atoms with Gasteiger partial charge in [-0.15, -0.1) is 0 Å². The molecule has 0 aliphatic heterocycles. The molecule has 2 aliphatic rings. The monoisotopic (exact) mass is 134 g/mol. The second-order valence-corrected chi connectivity index (χ2v) is 3.84. The van der Waals surface area contributed by atoms with E-state index in [0.29, 0.717) is 0 Å². The van der Waals surface area contributed by atoms with Gasteiger partial charge in [0.1, 0.15) is 0 Å². The number of fused-ring (bicyclic) bond motifs is 1. The van der Waals surface area contributed by atoms with Gasteiger partial charge in [-0.05, 0) is 37.5 Å². The van der Waals surface area contributed by atoms with E-state index in [1.165, 1.54) is 36.8 Å². The molecule has 0 spiro atoms. The van der Waals surface area contributed by atoms with Crippen molar-refractivity contribution in [1.82, 2.24) is 0 Å². The SMILES string of the molecule is C=C1CC2CC(=C)CC2C1. The molecule has 0 aromatic heterocycles. The lowest BCUT2D eigenvalue weighted by molar-refractivity contribution is 0.457. The minimum Gasteiger partial charge on any atom is -0.0998 e. The topological polar surface area (TPSA) is 0 Å². The van der Waals surface area contributed by atoms with Crippen LogP contribution in [0.5, 0.6) is 0 Å². The molecule has 0 heteroatoms. The highest BCUT2D eigenvalue weighted by Crippen LogP contribution is 2.47. The number of hydrogen-bond donors (Lipinski definition) is 0. The maximum atomic E-state index is 4.03. The fourth-order valence-electron chi connectivity index (χ4n) is 2.46. The first-order valence-corrected chi connectivity index (χ1v) is 4.09. The Morgan fingerprint density at radius 3 is 1.40 bits per heavy atom. The van der Waals surface area contributed by atoms with E-state index in [4.69, 9.17) is 0 Å². The molecule has 0 aromatic rings. The summed E-state index contributed by atoms with van der Waals surface area (Å²) < 4.78 is 0. The van der Waals surface area contributed by atoms with Gasteiger partial charge in [-0.2, -0.15) is 0 Å². The summed E-state index contributed by atoms with van der Waals surface area (Å²) in [5.74, 6) is 1.86. The van der Waals surface area contributed by atoms with Gasteiger partial charge in [0, 0.05) is 0 Å². The Morgan fingerprint density at radius 1 is 0.800 bits per heavy atom. The number of hydrogen-bond acceptors (Lipinski definition) is 0. The van der Waals surface area contributed by atoms with Crippen molar-refractivity contribution in [1.29, 1.82) is 0 Å². The lowest BCUT2D eigenvalue weighted by atomic mass is 10.0. The Labute approximate surface area is 62.6 Å². The predicted octanol–water partition coefficient (Wildman–Crippen LogP) is 2.92. The van der Waals surface area contributed by atoms with E-state index in [9.17, 15) is 0 Å². The summed E-state index contributed by atoms with van der Waals surface area (Å²) in [7, 11) is 0. The summed E-state index contributed by atoms with van der Waals surface area (Å²) in [5, 5.41) is 0. The van der Waals surface area contributed by atoms with Gasteiger partial charge < -0.3 is 0 Å². The quantitative estimate of drug-likeness (QED) is 0.447. The lowest BCUT2D eigenvalue weighted by Crippen LogP contribution is -1.95. The fraction of sp³-hybridized carbons (Fsp3) is 0.600. The van der Waals surface area contributed by atoms with Crippen LogP contribution < -0.4 is 0 Å². The third kappa shape index (κ3) is 0.828. The van der Waals surface area contributed by atoms with Crippen LogP contribution in [0, 0.1) is 11.8 Å². The van der Waals surface area contributed by atoms with Crippen LogP contribution in [-0.2, 0) is 0 Å². The Balaban J connectivity index is 2.12. The van der Waals surface area contributed by atoms with E-state index in [0.717, 1.165) is 11.8 Å². The van der Waals surface area contributed by atoms with Crippen LogP contribution in [0.3, 0.4) is 0 Å². The van der Waals surface area contributed by atoms with Gasteiger partial charge in [0.2, 0.25) is 0 Å². The smallest absolute Gasteiger partial charge is 0.0288 e. The molecule has 0 heterocycles. The summed E-state index contributed by atoms with van der Waals surface area (Å²) >= 11 is 0. The highest BCUT2D eigenvalue weighted by Gasteiger charge is 2.34. The van der Waals surface area contributed by atoms with Crippen molar-refractivity contribution < 1.29 is 0 Å². The largest absolute Gasteiger partial charge is 0.0998 e. The zero-order valence-corrected chi connectivity index (χ0v) is 6.40. The van der Waals surface area contributed by atoms with Crippen molar-refractivity contribution >= 4 is 0 Å². The second-order valence-electron chi connectivity index (χ2n) is 3.84. The van der Waals surface area contributed by atoms with Crippen LogP contribution in [0.2, 0.25) is 0 Å². The van der Waals surface area contributed by atoms with Crippen LogP contribution >= 0.6 is 0 Å². The van der Waals surface area contributed by atoms with E-state index in [2.05, 4.69) is 13.2 Å². The van der Waals surface area contributed by atoms with E-state index >= 15 is 0 Å². The standard InChI is InChI=1S/C10H14/c1-7-3-9-5-8(2)6-10(9)4-7/h9-10H,1-6H2. The summed E-state index contributed by atoms with van der Waals surface area (Å²) in [4.78, 5) is 0. The molecule has 2 fully saturated rings. The molecule has 2 rings (SSSR count). The molecule has 0 atom stereocenters. The first-order valence-electron chi connectivity index (χ1n) is 4.09. The van der Waals surface area contributed by atoms with Gasteiger partial charge >= 0.3 is 0 Å². The Morgan fingerprint density at radius 2 is 1.10 bits per heavy atom. The average molecular weight is 134 g/mol. The first kappa shape index (κ1) is 6.21. The Bertz CT molecular complexity index is 150. The van der Waals surface area contributed by atoms with Gasteiger partial charge in [0.15, 0.2) is 0 Å². The van der Waals surface area contributed by atoms with Crippen LogP contribution in [0.1, 0.15) is 25.7 Å². The maximum absolute atomic E-state index is 4.03. The van der Waals surface area contributed by atoms with E-state index in [1.54, 1.807) is 0 Å². The molecule has 0 radical (unpaired) electrons. The molecule has 0 aromatic carbocycles. The molecule has 10 heavy (non-hydrogen) atoms. The molecule has 0 nitrogen and oxygen atoms in total. The summed E-state index contributed by atoms with van der Waals surface area (Å²) in [6.45, 7) is 8.06.